The molecule has 9 nitrogen and oxygen atoms in total. The van der Waals surface area contributed by atoms with Crippen LogP contribution in [0.15, 0.2) is 60.5 Å². The van der Waals surface area contributed by atoms with Crippen molar-refractivity contribution in [1.82, 2.24) is 20.2 Å². The molecule has 0 spiro atoms. The van der Waals surface area contributed by atoms with Crippen LogP contribution in [-0.2, 0) is 14.3 Å². The van der Waals surface area contributed by atoms with Gasteiger partial charge in [-0.15, -0.1) is 0 Å². The fourth-order valence-electron chi connectivity index (χ4n) is 5.00. The zero-order chi connectivity index (χ0) is 27.8. The van der Waals surface area contributed by atoms with Crippen molar-refractivity contribution in [2.24, 2.45) is 0 Å². The number of H-pyrrole nitrogens is 1. The molecular weight excluding hydrogens is 496 g/mol. The minimum atomic E-state index is -0.596. The number of para-hydroxylation sites is 1. The molecule has 206 valence electrons. The second-order valence-corrected chi connectivity index (χ2v) is 9.36. The van der Waals surface area contributed by atoms with Gasteiger partial charge in [0, 0.05) is 53.7 Å². The van der Waals surface area contributed by atoms with Gasteiger partial charge in [0.1, 0.15) is 11.4 Å². The summed E-state index contributed by atoms with van der Waals surface area (Å²) in [6.45, 7) is 3.20. The lowest BCUT2D eigenvalue weighted by Crippen LogP contribution is -2.41. The Morgan fingerprint density at radius 1 is 1.21 bits per heavy atom. The first-order valence-corrected chi connectivity index (χ1v) is 13.1. The summed E-state index contributed by atoms with van der Waals surface area (Å²) in [5.41, 5.74) is 4.85. The number of aromatic nitrogens is 2. The number of nitrogens with zero attached hydrogens (tertiary/aromatic N) is 2. The van der Waals surface area contributed by atoms with E-state index >= 15 is 0 Å². The molecule has 0 saturated carbocycles. The van der Waals surface area contributed by atoms with E-state index in [-0.39, 0.29) is 18.5 Å². The SMILES string of the molecule is CC/C=C(\C=C(/CNC(=O)OC)C(=O)N1CCC[C@@H]1COC)c1cnc2[nH]cc(-c3ccccc3OC)c2c1. The Balaban J connectivity index is 1.75. The summed E-state index contributed by atoms with van der Waals surface area (Å²) >= 11 is 0. The Labute approximate surface area is 228 Å². The molecule has 2 amide bonds. The molecule has 39 heavy (non-hydrogen) atoms. The van der Waals surface area contributed by atoms with E-state index in [9.17, 15) is 9.59 Å². The van der Waals surface area contributed by atoms with Crippen molar-refractivity contribution in [1.29, 1.82) is 0 Å². The number of nitrogens with one attached hydrogen (secondary N) is 2. The third kappa shape index (κ3) is 6.31. The van der Waals surface area contributed by atoms with Crippen molar-refractivity contribution in [2.45, 2.75) is 32.2 Å². The highest BCUT2D eigenvalue weighted by Gasteiger charge is 2.30. The van der Waals surface area contributed by atoms with Crippen LogP contribution >= 0.6 is 0 Å². The zero-order valence-electron chi connectivity index (χ0n) is 23.0. The van der Waals surface area contributed by atoms with Gasteiger partial charge >= 0.3 is 6.09 Å². The number of hydrogen-bond acceptors (Lipinski definition) is 6. The number of aromatic amines is 1. The quantitative estimate of drug-likeness (QED) is 0.283. The van der Waals surface area contributed by atoms with Crippen LogP contribution in [0.4, 0.5) is 4.79 Å². The lowest BCUT2D eigenvalue weighted by molar-refractivity contribution is -0.128. The average Bonchev–Trinajstić information content (AvgIpc) is 3.61. The minimum absolute atomic E-state index is 0.00363. The molecule has 1 atom stereocenters. The summed E-state index contributed by atoms with van der Waals surface area (Å²) in [6, 6.07) is 9.92. The van der Waals surface area contributed by atoms with Gasteiger partial charge in [-0.2, -0.15) is 0 Å². The molecular formula is C30H36N4O5. The summed E-state index contributed by atoms with van der Waals surface area (Å²) in [5, 5.41) is 3.62. The van der Waals surface area contributed by atoms with Crippen LogP contribution in [-0.4, -0.2) is 73.9 Å². The number of benzene rings is 1. The number of methoxy groups -OCH3 is 3. The van der Waals surface area contributed by atoms with Crippen LogP contribution in [0.3, 0.4) is 0 Å². The van der Waals surface area contributed by atoms with Gasteiger partial charge in [0.25, 0.3) is 5.91 Å². The zero-order valence-corrected chi connectivity index (χ0v) is 23.0. The Kier molecular flexibility index (Phi) is 9.38. The first-order valence-electron chi connectivity index (χ1n) is 13.1. The average molecular weight is 533 g/mol. The van der Waals surface area contributed by atoms with E-state index in [1.165, 1.54) is 7.11 Å². The second-order valence-electron chi connectivity index (χ2n) is 9.36. The Bertz CT molecular complexity index is 1380. The molecule has 0 unspecified atom stereocenters. The van der Waals surface area contributed by atoms with Crippen molar-refractivity contribution in [3.63, 3.8) is 0 Å². The molecule has 1 saturated heterocycles. The maximum absolute atomic E-state index is 13.7. The van der Waals surface area contributed by atoms with Crippen molar-refractivity contribution in [3.8, 4) is 16.9 Å². The molecule has 9 heteroatoms. The lowest BCUT2D eigenvalue weighted by atomic mass is 9.99. The molecule has 0 aliphatic carbocycles. The second kappa shape index (κ2) is 13.1. The number of hydrogen-bond donors (Lipinski definition) is 2. The van der Waals surface area contributed by atoms with E-state index in [0.717, 1.165) is 58.3 Å². The molecule has 2 N–H and O–H groups in total. The van der Waals surface area contributed by atoms with Gasteiger partial charge < -0.3 is 29.4 Å². The van der Waals surface area contributed by atoms with Gasteiger partial charge in [0.2, 0.25) is 0 Å². The first kappa shape index (κ1) is 27.9. The highest BCUT2D eigenvalue weighted by atomic mass is 16.5. The van der Waals surface area contributed by atoms with Crippen LogP contribution in [0.2, 0.25) is 0 Å². The number of allylic oxidation sites excluding steroid dienone is 3. The van der Waals surface area contributed by atoms with Gasteiger partial charge in [0.05, 0.1) is 33.4 Å². The molecule has 2 aromatic heterocycles. The number of amides is 2. The van der Waals surface area contributed by atoms with Gasteiger partial charge in [-0.1, -0.05) is 31.2 Å². The third-order valence-corrected chi connectivity index (χ3v) is 6.90. The molecule has 0 bridgehead atoms. The third-order valence-electron chi connectivity index (χ3n) is 6.90. The molecule has 0 radical (unpaired) electrons. The Hall–Kier alpha value is -4.11. The van der Waals surface area contributed by atoms with Gasteiger partial charge in [-0.3, -0.25) is 4.79 Å². The van der Waals surface area contributed by atoms with E-state index in [0.29, 0.717) is 18.7 Å². The van der Waals surface area contributed by atoms with E-state index in [2.05, 4.69) is 27.4 Å². The summed E-state index contributed by atoms with van der Waals surface area (Å²) < 4.78 is 15.7. The fourth-order valence-corrected chi connectivity index (χ4v) is 5.00. The van der Waals surface area contributed by atoms with Crippen molar-refractivity contribution < 1.29 is 23.8 Å². The fraction of sp³-hybridized carbons (Fsp3) is 0.367. The van der Waals surface area contributed by atoms with Gasteiger partial charge in [0.15, 0.2) is 0 Å². The van der Waals surface area contributed by atoms with Crippen LogP contribution in [0.1, 0.15) is 31.7 Å². The molecule has 1 aliphatic rings. The van der Waals surface area contributed by atoms with E-state index in [1.54, 1.807) is 20.4 Å². The molecule has 3 heterocycles. The number of rotatable bonds is 10. The molecule has 3 aromatic rings. The number of fused-ring (bicyclic) bond motifs is 1. The first-order chi connectivity index (χ1) is 19.0. The molecule has 4 rings (SSSR count). The van der Waals surface area contributed by atoms with Crippen LogP contribution in [0, 0.1) is 0 Å². The number of pyridine rings is 1. The maximum atomic E-state index is 13.7. The molecule has 1 fully saturated rings. The van der Waals surface area contributed by atoms with E-state index in [1.807, 2.05) is 48.4 Å². The van der Waals surface area contributed by atoms with Crippen LogP contribution in [0.25, 0.3) is 27.7 Å². The van der Waals surface area contributed by atoms with Crippen molar-refractivity contribution in [2.75, 3.05) is 41.0 Å². The normalized spacial score (nSPS) is 16.0. The number of likely N-dealkylation sites (tertiary alicyclic amines) is 1. The van der Waals surface area contributed by atoms with Gasteiger partial charge in [-0.05, 0) is 43.0 Å². The van der Waals surface area contributed by atoms with Crippen LogP contribution in [0.5, 0.6) is 5.75 Å². The van der Waals surface area contributed by atoms with Gasteiger partial charge in [-0.25, -0.2) is 9.78 Å². The summed E-state index contributed by atoms with van der Waals surface area (Å²) in [5.74, 6) is 0.643. The smallest absolute Gasteiger partial charge is 0.407 e. The highest BCUT2D eigenvalue weighted by molar-refractivity contribution is 6.00. The highest BCUT2D eigenvalue weighted by Crippen LogP contribution is 2.35. The predicted octanol–water partition coefficient (Wildman–Crippen LogP) is 4.95. The van der Waals surface area contributed by atoms with E-state index < -0.39 is 6.09 Å². The number of carbonyl (C=O) groups is 2. The number of ether oxygens (including phenoxy) is 3. The monoisotopic (exact) mass is 532 g/mol. The predicted molar refractivity (Wildman–Crippen MR) is 151 cm³/mol. The Morgan fingerprint density at radius 3 is 2.77 bits per heavy atom. The van der Waals surface area contributed by atoms with Crippen LogP contribution < -0.4 is 10.1 Å². The minimum Gasteiger partial charge on any atom is -0.496 e. The number of carbonyl (C=O) groups excluding carboxylic acids is 2. The maximum Gasteiger partial charge on any atom is 0.407 e. The number of alkyl carbamates (subject to hydrolysis) is 1. The summed E-state index contributed by atoms with van der Waals surface area (Å²) in [6.07, 6.45) is 9.57. The molecule has 1 aliphatic heterocycles. The molecule has 1 aromatic carbocycles. The standard InChI is InChI=1S/C30H36N4O5/c1-5-9-20(14-22(17-33-30(36)39-4)29(35)34-13-8-10-23(34)19-37-2)21-15-25-26(18-32-28(25)31-16-21)24-11-6-7-12-27(24)38-3/h6-7,9,11-12,14-16,18,23H,5,8,10,13,17,19H2,1-4H3,(H,31,32)(H,33,36)/b20-9+,22-14+/t23-/m1/s1. The Morgan fingerprint density at radius 2 is 2.03 bits per heavy atom. The van der Waals surface area contributed by atoms with Crippen molar-refractivity contribution in [3.05, 3.63) is 66.0 Å². The largest absolute Gasteiger partial charge is 0.496 e. The van der Waals surface area contributed by atoms with Crippen molar-refractivity contribution >= 4 is 28.6 Å². The summed E-state index contributed by atoms with van der Waals surface area (Å²) in [4.78, 5) is 35.4. The lowest BCUT2D eigenvalue weighted by Gasteiger charge is -2.25. The summed E-state index contributed by atoms with van der Waals surface area (Å²) in [7, 11) is 4.60. The van der Waals surface area contributed by atoms with E-state index in [4.69, 9.17) is 14.2 Å². The topological polar surface area (TPSA) is 106 Å².